The molecule has 116 valence electrons. The highest BCUT2D eigenvalue weighted by molar-refractivity contribution is 7.98. The van der Waals surface area contributed by atoms with Crippen LogP contribution >= 0.6 is 11.8 Å². The molecule has 0 unspecified atom stereocenters. The third-order valence-electron chi connectivity index (χ3n) is 3.86. The first-order valence-electron chi connectivity index (χ1n) is 7.92. The second kappa shape index (κ2) is 8.98. The highest BCUT2D eigenvalue weighted by Gasteiger charge is 2.14. The normalized spacial score (nSPS) is 15.7. The quantitative estimate of drug-likeness (QED) is 0.784. The van der Waals surface area contributed by atoms with Crippen LogP contribution in [0.25, 0.3) is 0 Å². The second-order valence-corrected chi connectivity index (χ2v) is 6.88. The number of carbonyl (C=O) groups is 1. The van der Waals surface area contributed by atoms with E-state index in [2.05, 4.69) is 41.8 Å². The summed E-state index contributed by atoms with van der Waals surface area (Å²) in [5.41, 5.74) is 2.64. The van der Waals surface area contributed by atoms with Crippen LogP contribution in [0.2, 0.25) is 0 Å². The predicted molar refractivity (Wildman–Crippen MR) is 90.7 cm³/mol. The van der Waals surface area contributed by atoms with Crippen LogP contribution in [-0.4, -0.2) is 24.4 Å². The molecule has 0 aromatic heterocycles. The number of thioether (sulfide) groups is 1. The summed E-state index contributed by atoms with van der Waals surface area (Å²) >= 11 is 1.86. The van der Waals surface area contributed by atoms with Crippen molar-refractivity contribution < 1.29 is 4.79 Å². The van der Waals surface area contributed by atoms with Crippen molar-refractivity contribution in [3.8, 4) is 0 Å². The van der Waals surface area contributed by atoms with Crippen molar-refractivity contribution in [1.82, 2.24) is 10.6 Å². The van der Waals surface area contributed by atoms with E-state index in [1.807, 2.05) is 11.8 Å². The Morgan fingerprint density at radius 3 is 2.62 bits per heavy atom. The van der Waals surface area contributed by atoms with Crippen molar-refractivity contribution in [2.75, 3.05) is 12.3 Å². The molecule has 4 heteroatoms. The lowest BCUT2D eigenvalue weighted by atomic mass is 9.96. The van der Waals surface area contributed by atoms with Gasteiger partial charge in [0.15, 0.2) is 0 Å². The molecule has 1 aliphatic rings. The Morgan fingerprint density at radius 1 is 1.19 bits per heavy atom. The highest BCUT2D eigenvalue weighted by atomic mass is 32.2. The molecule has 0 atom stereocenters. The van der Waals surface area contributed by atoms with Crippen LogP contribution < -0.4 is 10.6 Å². The lowest BCUT2D eigenvalue weighted by Gasteiger charge is -2.22. The van der Waals surface area contributed by atoms with Crippen LogP contribution in [0.15, 0.2) is 24.3 Å². The number of amides is 2. The van der Waals surface area contributed by atoms with Crippen LogP contribution in [-0.2, 0) is 5.75 Å². The zero-order valence-electron chi connectivity index (χ0n) is 12.9. The van der Waals surface area contributed by atoms with E-state index in [1.165, 1.54) is 30.4 Å². The maximum atomic E-state index is 11.8. The number of carbonyl (C=O) groups excluding carboxylic acids is 1. The van der Waals surface area contributed by atoms with Crippen LogP contribution in [0.3, 0.4) is 0 Å². The number of aryl methyl sites for hydroxylation is 1. The van der Waals surface area contributed by atoms with E-state index in [1.54, 1.807) is 0 Å². The van der Waals surface area contributed by atoms with E-state index < -0.39 is 0 Å². The van der Waals surface area contributed by atoms with Gasteiger partial charge >= 0.3 is 6.03 Å². The molecular formula is C17H26N2OS. The van der Waals surface area contributed by atoms with Crippen molar-refractivity contribution in [3.05, 3.63) is 35.4 Å². The highest BCUT2D eigenvalue weighted by Crippen LogP contribution is 2.17. The molecule has 0 radical (unpaired) electrons. The molecule has 0 spiro atoms. The van der Waals surface area contributed by atoms with Gasteiger partial charge in [0, 0.05) is 24.1 Å². The number of rotatable bonds is 6. The van der Waals surface area contributed by atoms with Crippen LogP contribution in [0, 0.1) is 6.92 Å². The Balaban J connectivity index is 1.52. The molecule has 1 saturated carbocycles. The molecule has 2 N–H and O–H groups in total. The third-order valence-corrected chi connectivity index (χ3v) is 4.89. The minimum Gasteiger partial charge on any atom is -0.337 e. The van der Waals surface area contributed by atoms with Gasteiger partial charge < -0.3 is 10.6 Å². The molecular weight excluding hydrogens is 280 g/mol. The molecule has 2 amide bonds. The van der Waals surface area contributed by atoms with Gasteiger partial charge in [0.25, 0.3) is 0 Å². The lowest BCUT2D eigenvalue weighted by molar-refractivity contribution is 0.233. The minimum absolute atomic E-state index is 0.00200. The number of benzene rings is 1. The zero-order valence-corrected chi connectivity index (χ0v) is 13.7. The SMILES string of the molecule is Cc1ccc(CSCCNC(=O)NC2CCCCC2)cc1. The number of nitrogens with one attached hydrogen (secondary N) is 2. The van der Waals surface area contributed by atoms with Gasteiger partial charge in [0.1, 0.15) is 0 Å². The molecule has 0 bridgehead atoms. The Morgan fingerprint density at radius 2 is 1.90 bits per heavy atom. The fraction of sp³-hybridized carbons (Fsp3) is 0.588. The van der Waals surface area contributed by atoms with Gasteiger partial charge in [0.2, 0.25) is 0 Å². The number of hydrogen-bond acceptors (Lipinski definition) is 2. The summed E-state index contributed by atoms with van der Waals surface area (Å²) in [6.45, 7) is 2.83. The smallest absolute Gasteiger partial charge is 0.315 e. The van der Waals surface area contributed by atoms with Crippen molar-refractivity contribution in [2.24, 2.45) is 0 Å². The van der Waals surface area contributed by atoms with E-state index in [4.69, 9.17) is 0 Å². The van der Waals surface area contributed by atoms with Gasteiger partial charge in [-0.2, -0.15) is 11.8 Å². The van der Waals surface area contributed by atoms with Crippen molar-refractivity contribution in [2.45, 2.75) is 50.8 Å². The van der Waals surface area contributed by atoms with Crippen LogP contribution in [0.4, 0.5) is 4.79 Å². The second-order valence-electron chi connectivity index (χ2n) is 5.77. The van der Waals surface area contributed by atoms with Crippen molar-refractivity contribution >= 4 is 17.8 Å². The Kier molecular flexibility index (Phi) is 6.93. The molecule has 21 heavy (non-hydrogen) atoms. The molecule has 2 rings (SSSR count). The first-order valence-corrected chi connectivity index (χ1v) is 9.07. The molecule has 1 fully saturated rings. The molecule has 0 heterocycles. The summed E-state index contributed by atoms with van der Waals surface area (Å²) in [6.07, 6.45) is 6.08. The molecule has 1 aromatic carbocycles. The summed E-state index contributed by atoms with van der Waals surface area (Å²) in [5, 5.41) is 6.03. The van der Waals surface area contributed by atoms with Crippen LogP contribution in [0.1, 0.15) is 43.2 Å². The number of hydrogen-bond donors (Lipinski definition) is 2. The van der Waals surface area contributed by atoms with Gasteiger partial charge in [-0.25, -0.2) is 4.79 Å². The summed E-state index contributed by atoms with van der Waals surface area (Å²) < 4.78 is 0. The first-order chi connectivity index (χ1) is 10.2. The van der Waals surface area contributed by atoms with Crippen molar-refractivity contribution in [1.29, 1.82) is 0 Å². The fourth-order valence-electron chi connectivity index (χ4n) is 2.59. The molecule has 3 nitrogen and oxygen atoms in total. The molecule has 0 saturated heterocycles. The topological polar surface area (TPSA) is 41.1 Å². The summed E-state index contributed by atoms with van der Waals surface area (Å²) in [5.74, 6) is 1.96. The largest absolute Gasteiger partial charge is 0.337 e. The Bertz CT molecular complexity index is 427. The van der Waals surface area contributed by atoms with E-state index in [0.717, 1.165) is 30.9 Å². The summed E-state index contributed by atoms with van der Waals surface area (Å²) in [7, 11) is 0. The fourth-order valence-corrected chi connectivity index (χ4v) is 3.41. The summed E-state index contributed by atoms with van der Waals surface area (Å²) in [6, 6.07) is 9.02. The summed E-state index contributed by atoms with van der Waals surface area (Å²) in [4.78, 5) is 11.8. The van der Waals surface area contributed by atoms with Gasteiger partial charge in [-0.15, -0.1) is 0 Å². The Labute approximate surface area is 132 Å². The first kappa shape index (κ1) is 16.2. The molecule has 1 aromatic rings. The average Bonchev–Trinajstić information content (AvgIpc) is 2.50. The minimum atomic E-state index is -0.00200. The lowest BCUT2D eigenvalue weighted by Crippen LogP contribution is -2.43. The van der Waals surface area contributed by atoms with Gasteiger partial charge in [-0.3, -0.25) is 0 Å². The molecule has 1 aliphatic carbocycles. The average molecular weight is 306 g/mol. The third kappa shape index (κ3) is 6.42. The molecule has 0 aliphatic heterocycles. The number of urea groups is 1. The van der Waals surface area contributed by atoms with Crippen molar-refractivity contribution in [3.63, 3.8) is 0 Å². The standard InChI is InChI=1S/C17H26N2OS/c1-14-7-9-15(10-8-14)13-21-12-11-18-17(20)19-16-5-3-2-4-6-16/h7-10,16H,2-6,11-13H2,1H3,(H2,18,19,20). The zero-order chi connectivity index (χ0) is 14.9. The maximum absolute atomic E-state index is 11.8. The monoisotopic (exact) mass is 306 g/mol. The van der Waals surface area contributed by atoms with E-state index in [-0.39, 0.29) is 6.03 Å². The van der Waals surface area contributed by atoms with Gasteiger partial charge in [-0.1, -0.05) is 49.1 Å². The van der Waals surface area contributed by atoms with E-state index in [9.17, 15) is 4.79 Å². The Hall–Kier alpha value is -1.16. The predicted octanol–water partition coefficient (Wildman–Crippen LogP) is 3.86. The van der Waals surface area contributed by atoms with Crippen LogP contribution in [0.5, 0.6) is 0 Å². The van der Waals surface area contributed by atoms with Gasteiger partial charge in [0.05, 0.1) is 0 Å². The van der Waals surface area contributed by atoms with E-state index >= 15 is 0 Å². The van der Waals surface area contributed by atoms with Gasteiger partial charge in [-0.05, 0) is 25.3 Å². The van der Waals surface area contributed by atoms with E-state index in [0.29, 0.717) is 6.04 Å². The maximum Gasteiger partial charge on any atom is 0.315 e.